The van der Waals surface area contributed by atoms with Gasteiger partial charge in [0.2, 0.25) is 11.8 Å². The van der Waals surface area contributed by atoms with Gasteiger partial charge in [-0.3, -0.25) is 19.2 Å². The first kappa shape index (κ1) is 35.4. The van der Waals surface area contributed by atoms with Crippen LogP contribution < -0.4 is 22.1 Å². The number of carbonyl (C=O) groups is 4. The summed E-state index contributed by atoms with van der Waals surface area (Å²) in [5.41, 5.74) is 13.8. The molecule has 45 heavy (non-hydrogen) atoms. The van der Waals surface area contributed by atoms with Gasteiger partial charge in [-0.05, 0) is 49.2 Å². The molecule has 1 aliphatic heterocycles. The number of amides is 4. The van der Waals surface area contributed by atoms with Crippen molar-refractivity contribution in [1.29, 1.82) is 0 Å². The quantitative estimate of drug-likeness (QED) is 0.0910. The van der Waals surface area contributed by atoms with Crippen LogP contribution in [0.2, 0.25) is 0 Å². The molecule has 246 valence electrons. The fourth-order valence-electron chi connectivity index (χ4n) is 4.57. The summed E-state index contributed by atoms with van der Waals surface area (Å²) in [6.45, 7) is 3.18. The number of nitrogens with zero attached hydrogens (tertiary/aromatic N) is 1. The Balaban J connectivity index is 1.18. The van der Waals surface area contributed by atoms with Crippen molar-refractivity contribution in [2.45, 2.75) is 31.8 Å². The molecular formula is C31H43N5O9. The van der Waals surface area contributed by atoms with E-state index >= 15 is 0 Å². The molecule has 1 unspecified atom stereocenters. The van der Waals surface area contributed by atoms with Crippen LogP contribution in [-0.2, 0) is 35.1 Å². The highest BCUT2D eigenvalue weighted by Crippen LogP contribution is 2.31. The molecular weight excluding hydrogens is 586 g/mol. The number of nitrogens with two attached hydrogens (primary N) is 2. The van der Waals surface area contributed by atoms with Crippen molar-refractivity contribution in [2.75, 3.05) is 77.1 Å². The largest absolute Gasteiger partial charge is 0.399 e. The SMILES string of the molecule is NC(=O)C(CCCO)N1Cc2c(NC(=O)CCOCCOCCOCCOCCNC(=O)c3ccc(N)cc3)cccc2C1=O. The Bertz CT molecular complexity index is 1260. The summed E-state index contributed by atoms with van der Waals surface area (Å²) in [6, 6.07) is 10.9. The Kier molecular flexibility index (Phi) is 15.2. The highest BCUT2D eigenvalue weighted by molar-refractivity contribution is 6.04. The molecule has 1 atom stereocenters. The van der Waals surface area contributed by atoms with E-state index in [1.165, 1.54) is 4.90 Å². The minimum absolute atomic E-state index is 0.107. The van der Waals surface area contributed by atoms with Gasteiger partial charge in [0, 0.05) is 47.8 Å². The number of aliphatic hydroxyl groups excluding tert-OH is 1. The number of hydrogen-bond acceptors (Lipinski definition) is 10. The molecule has 14 heteroatoms. The Labute approximate surface area is 262 Å². The zero-order valence-electron chi connectivity index (χ0n) is 25.3. The third kappa shape index (κ3) is 11.7. The van der Waals surface area contributed by atoms with Crippen molar-refractivity contribution in [1.82, 2.24) is 10.2 Å². The smallest absolute Gasteiger partial charge is 0.255 e. The molecule has 7 N–H and O–H groups in total. The van der Waals surface area contributed by atoms with E-state index in [0.29, 0.717) is 87.3 Å². The average molecular weight is 630 g/mol. The minimum atomic E-state index is -0.837. The van der Waals surface area contributed by atoms with Crippen molar-refractivity contribution < 1.29 is 43.2 Å². The monoisotopic (exact) mass is 629 g/mol. The molecule has 0 fully saturated rings. The molecule has 0 aliphatic carbocycles. The average Bonchev–Trinajstić information content (AvgIpc) is 3.36. The van der Waals surface area contributed by atoms with Gasteiger partial charge in [0.25, 0.3) is 11.8 Å². The minimum Gasteiger partial charge on any atom is -0.399 e. The zero-order chi connectivity index (χ0) is 32.4. The standard InChI is InChI=1S/C31H43N5O9/c32-23-8-6-22(7-9-23)30(40)34-11-14-43-16-18-45-20-19-44-17-15-42-13-10-28(38)35-26-4-1-3-24-25(26)21-36(31(24)41)27(29(33)39)5-2-12-37/h1,3-4,6-9,27,37H,2,5,10-21,32H2,(H2,33,39)(H,34,40)(H,35,38). The van der Waals surface area contributed by atoms with Crippen LogP contribution in [0.5, 0.6) is 0 Å². The lowest BCUT2D eigenvalue weighted by molar-refractivity contribution is -0.123. The summed E-state index contributed by atoms with van der Waals surface area (Å²) in [5.74, 6) is -1.44. The van der Waals surface area contributed by atoms with Gasteiger partial charge >= 0.3 is 0 Å². The molecule has 1 aliphatic rings. The molecule has 0 aromatic heterocycles. The summed E-state index contributed by atoms with van der Waals surface area (Å²) in [6.07, 6.45) is 0.701. The molecule has 2 aromatic carbocycles. The van der Waals surface area contributed by atoms with Gasteiger partial charge in [-0.1, -0.05) is 6.07 Å². The van der Waals surface area contributed by atoms with Gasteiger partial charge in [-0.15, -0.1) is 0 Å². The van der Waals surface area contributed by atoms with E-state index < -0.39 is 11.9 Å². The number of rotatable bonds is 22. The Morgan fingerprint density at radius 2 is 1.51 bits per heavy atom. The molecule has 0 spiro atoms. The fourth-order valence-corrected chi connectivity index (χ4v) is 4.57. The van der Waals surface area contributed by atoms with Gasteiger partial charge in [-0.2, -0.15) is 0 Å². The molecule has 0 saturated carbocycles. The van der Waals surface area contributed by atoms with Gasteiger partial charge < -0.3 is 51.1 Å². The number of primary amides is 1. The number of ether oxygens (including phenoxy) is 4. The lowest BCUT2D eigenvalue weighted by Gasteiger charge is -2.25. The van der Waals surface area contributed by atoms with E-state index in [1.807, 2.05) is 0 Å². The lowest BCUT2D eigenvalue weighted by Crippen LogP contribution is -2.45. The van der Waals surface area contributed by atoms with Gasteiger partial charge in [-0.25, -0.2) is 0 Å². The Morgan fingerprint density at radius 1 is 0.889 bits per heavy atom. The highest BCUT2D eigenvalue weighted by Gasteiger charge is 2.36. The molecule has 0 bridgehead atoms. The second-order valence-corrected chi connectivity index (χ2v) is 10.2. The van der Waals surface area contributed by atoms with E-state index in [0.717, 1.165) is 0 Å². The first-order valence-electron chi connectivity index (χ1n) is 14.9. The van der Waals surface area contributed by atoms with Crippen molar-refractivity contribution in [3.63, 3.8) is 0 Å². The molecule has 2 aromatic rings. The van der Waals surface area contributed by atoms with Crippen molar-refractivity contribution in [3.05, 3.63) is 59.2 Å². The Hall–Kier alpha value is -4.08. The highest BCUT2D eigenvalue weighted by atomic mass is 16.6. The van der Waals surface area contributed by atoms with Crippen molar-refractivity contribution >= 4 is 35.0 Å². The zero-order valence-corrected chi connectivity index (χ0v) is 25.3. The van der Waals surface area contributed by atoms with Gasteiger partial charge in [0.15, 0.2) is 0 Å². The third-order valence-electron chi connectivity index (χ3n) is 6.90. The van der Waals surface area contributed by atoms with Crippen molar-refractivity contribution in [3.8, 4) is 0 Å². The molecule has 0 saturated heterocycles. The number of hydrogen-bond donors (Lipinski definition) is 5. The predicted molar refractivity (Wildman–Crippen MR) is 165 cm³/mol. The first-order chi connectivity index (χ1) is 21.8. The number of anilines is 2. The van der Waals surface area contributed by atoms with Crippen LogP contribution in [0.1, 0.15) is 45.5 Å². The number of nitrogens with one attached hydrogen (secondary N) is 2. The molecule has 1 heterocycles. The second-order valence-electron chi connectivity index (χ2n) is 10.2. The number of nitrogen functional groups attached to an aromatic ring is 1. The molecule has 3 rings (SSSR count). The van der Waals surface area contributed by atoms with E-state index in [-0.39, 0.29) is 50.3 Å². The molecule has 14 nitrogen and oxygen atoms in total. The summed E-state index contributed by atoms with van der Waals surface area (Å²) in [5, 5.41) is 14.7. The predicted octanol–water partition coefficient (Wildman–Crippen LogP) is 0.676. The number of benzene rings is 2. The van der Waals surface area contributed by atoms with E-state index in [2.05, 4.69) is 10.6 Å². The van der Waals surface area contributed by atoms with E-state index in [1.54, 1.807) is 42.5 Å². The fraction of sp³-hybridized carbons (Fsp3) is 0.484. The lowest BCUT2D eigenvalue weighted by atomic mass is 10.1. The number of fused-ring (bicyclic) bond motifs is 1. The van der Waals surface area contributed by atoms with Crippen LogP contribution in [0.3, 0.4) is 0 Å². The maximum Gasteiger partial charge on any atom is 0.255 e. The summed E-state index contributed by atoms with van der Waals surface area (Å²) in [4.78, 5) is 50.7. The van der Waals surface area contributed by atoms with Crippen LogP contribution in [0.15, 0.2) is 42.5 Å². The first-order valence-corrected chi connectivity index (χ1v) is 14.9. The third-order valence-corrected chi connectivity index (χ3v) is 6.90. The van der Waals surface area contributed by atoms with E-state index in [9.17, 15) is 19.2 Å². The van der Waals surface area contributed by atoms with Crippen LogP contribution >= 0.6 is 0 Å². The maximum atomic E-state index is 12.9. The van der Waals surface area contributed by atoms with Crippen molar-refractivity contribution in [2.24, 2.45) is 5.73 Å². The summed E-state index contributed by atoms with van der Waals surface area (Å²) >= 11 is 0. The summed E-state index contributed by atoms with van der Waals surface area (Å²) in [7, 11) is 0. The van der Waals surface area contributed by atoms with Crippen LogP contribution in [-0.4, -0.2) is 106 Å². The van der Waals surface area contributed by atoms with Crippen LogP contribution in [0, 0.1) is 0 Å². The second kappa shape index (κ2) is 19.3. The molecule has 4 amide bonds. The topological polar surface area (TPSA) is 205 Å². The van der Waals surface area contributed by atoms with E-state index in [4.69, 9.17) is 35.5 Å². The normalized spacial score (nSPS) is 13.0. The van der Waals surface area contributed by atoms with Gasteiger partial charge in [0.1, 0.15) is 6.04 Å². The summed E-state index contributed by atoms with van der Waals surface area (Å²) < 4.78 is 21.8. The number of aliphatic hydroxyl groups is 1. The van der Waals surface area contributed by atoms with Crippen LogP contribution in [0.25, 0.3) is 0 Å². The number of carbonyl (C=O) groups excluding carboxylic acids is 4. The van der Waals surface area contributed by atoms with Gasteiger partial charge in [0.05, 0.1) is 59.3 Å². The maximum absolute atomic E-state index is 12.9. The Morgan fingerprint density at radius 3 is 2.13 bits per heavy atom. The van der Waals surface area contributed by atoms with Crippen LogP contribution in [0.4, 0.5) is 11.4 Å². The molecule has 0 radical (unpaired) electrons.